The van der Waals surface area contributed by atoms with Crippen LogP contribution >= 0.6 is 0 Å². The lowest BCUT2D eigenvalue weighted by atomic mass is 9.79. The first-order valence-corrected chi connectivity index (χ1v) is 19.7. The highest BCUT2D eigenvalue weighted by Crippen LogP contribution is 2.55. The number of para-hydroxylation sites is 3. The van der Waals surface area contributed by atoms with Crippen LogP contribution in [0, 0.1) is 0 Å². The molecule has 0 aliphatic heterocycles. The minimum atomic E-state index is -0.136. The maximum atomic E-state index is 6.80. The first-order chi connectivity index (χ1) is 27.3. The van der Waals surface area contributed by atoms with E-state index in [0.29, 0.717) is 0 Å². The number of anilines is 3. The number of furan rings is 1. The summed E-state index contributed by atoms with van der Waals surface area (Å²) in [7, 11) is 0. The molecule has 0 spiro atoms. The van der Waals surface area contributed by atoms with Gasteiger partial charge in [-0.3, -0.25) is 0 Å². The average molecular weight is 720 g/mol. The van der Waals surface area contributed by atoms with Crippen LogP contribution in [0.3, 0.4) is 0 Å². The number of fused-ring (bicyclic) bond motifs is 9. The van der Waals surface area contributed by atoms with Crippen molar-refractivity contribution in [1.82, 2.24) is 0 Å². The molecule has 9 aromatic rings. The molecule has 0 fully saturated rings. The fourth-order valence-electron chi connectivity index (χ4n) is 10.1. The molecular formula is C54H41NO. The van der Waals surface area contributed by atoms with Crippen molar-refractivity contribution in [2.45, 2.75) is 38.5 Å². The van der Waals surface area contributed by atoms with Gasteiger partial charge in [0, 0.05) is 32.9 Å². The Kier molecular flexibility index (Phi) is 6.98. The molecule has 0 saturated carbocycles. The molecular weight excluding hydrogens is 679 g/mol. The third-order valence-electron chi connectivity index (χ3n) is 12.7. The van der Waals surface area contributed by atoms with Gasteiger partial charge in [-0.15, -0.1) is 0 Å². The number of hydrogen-bond acceptors (Lipinski definition) is 2. The van der Waals surface area contributed by atoms with Gasteiger partial charge in [-0.1, -0.05) is 173 Å². The minimum Gasteiger partial charge on any atom is -0.454 e. The number of rotatable bonds is 5. The van der Waals surface area contributed by atoms with E-state index in [4.69, 9.17) is 4.42 Å². The fourth-order valence-corrected chi connectivity index (χ4v) is 10.1. The summed E-state index contributed by atoms with van der Waals surface area (Å²) in [5, 5.41) is 2.22. The standard InChI is InChI=1S/C54H41NO/c1-53(2)45-28-10-6-22-43(45)50-40(24-15-29-46(50)53)38-20-7-11-30-47(38)55(48-31-16-26-42-39-21-8-12-32-49(39)56-52(42)48)35-18-13-17-34(33-35)36-23-14-25-41-37-19-5-9-27-44(37)54(3,4)51(36)41/h5-33H,1-4H3. The number of hydrogen-bond donors (Lipinski definition) is 0. The van der Waals surface area contributed by atoms with E-state index in [1.165, 1.54) is 66.8 Å². The van der Waals surface area contributed by atoms with Crippen molar-refractivity contribution in [1.29, 1.82) is 0 Å². The molecule has 0 atom stereocenters. The molecule has 0 saturated heterocycles. The highest BCUT2D eigenvalue weighted by Gasteiger charge is 2.39. The smallest absolute Gasteiger partial charge is 0.159 e. The molecule has 2 heteroatoms. The SMILES string of the molecule is CC1(C)c2ccccc2-c2c(-c3ccccc3N(c3cccc(-c4cccc5c4C(C)(C)c4ccccc4-5)c3)c3cccc4c3oc3ccccc34)cccc21. The Balaban J connectivity index is 1.17. The van der Waals surface area contributed by atoms with E-state index < -0.39 is 0 Å². The lowest BCUT2D eigenvalue weighted by Gasteiger charge is -2.29. The zero-order valence-corrected chi connectivity index (χ0v) is 32.1. The lowest BCUT2D eigenvalue weighted by molar-refractivity contribution is 0.660. The summed E-state index contributed by atoms with van der Waals surface area (Å²) in [5.41, 5.74) is 20.3. The van der Waals surface area contributed by atoms with E-state index >= 15 is 0 Å². The van der Waals surface area contributed by atoms with Gasteiger partial charge >= 0.3 is 0 Å². The second-order valence-electron chi connectivity index (χ2n) is 16.5. The summed E-state index contributed by atoms with van der Waals surface area (Å²) >= 11 is 0. The maximum absolute atomic E-state index is 6.80. The van der Waals surface area contributed by atoms with Gasteiger partial charge in [0.1, 0.15) is 5.58 Å². The topological polar surface area (TPSA) is 16.4 Å². The van der Waals surface area contributed by atoms with Crippen molar-refractivity contribution in [3.8, 4) is 44.5 Å². The molecule has 1 aromatic heterocycles. The molecule has 56 heavy (non-hydrogen) atoms. The van der Waals surface area contributed by atoms with Crippen LogP contribution in [0.1, 0.15) is 49.9 Å². The Morgan fingerprint density at radius 2 is 0.982 bits per heavy atom. The fraction of sp³-hybridized carbons (Fsp3) is 0.111. The first kappa shape index (κ1) is 32.8. The van der Waals surface area contributed by atoms with Crippen LogP contribution < -0.4 is 4.90 Å². The zero-order chi connectivity index (χ0) is 37.8. The van der Waals surface area contributed by atoms with Crippen molar-refractivity contribution in [2.75, 3.05) is 4.90 Å². The maximum Gasteiger partial charge on any atom is 0.159 e. The van der Waals surface area contributed by atoms with Crippen molar-refractivity contribution in [3.05, 3.63) is 198 Å². The molecule has 2 aliphatic rings. The van der Waals surface area contributed by atoms with Gasteiger partial charge in [0.05, 0.1) is 11.4 Å². The zero-order valence-electron chi connectivity index (χ0n) is 32.1. The van der Waals surface area contributed by atoms with Crippen LogP contribution in [-0.4, -0.2) is 0 Å². The van der Waals surface area contributed by atoms with Gasteiger partial charge in [0.15, 0.2) is 5.58 Å². The van der Waals surface area contributed by atoms with E-state index in [9.17, 15) is 0 Å². The van der Waals surface area contributed by atoms with Crippen LogP contribution in [0.4, 0.5) is 17.1 Å². The van der Waals surface area contributed by atoms with Crippen LogP contribution in [-0.2, 0) is 10.8 Å². The van der Waals surface area contributed by atoms with Gasteiger partial charge in [0.25, 0.3) is 0 Å². The Morgan fingerprint density at radius 1 is 0.411 bits per heavy atom. The van der Waals surface area contributed by atoms with Gasteiger partial charge < -0.3 is 9.32 Å². The normalized spacial score (nSPS) is 14.4. The van der Waals surface area contributed by atoms with Gasteiger partial charge in [0.2, 0.25) is 0 Å². The molecule has 11 rings (SSSR count). The molecule has 268 valence electrons. The van der Waals surface area contributed by atoms with Crippen molar-refractivity contribution < 1.29 is 4.42 Å². The summed E-state index contributed by atoms with van der Waals surface area (Å²) < 4.78 is 6.80. The second kappa shape index (κ2) is 11.9. The van der Waals surface area contributed by atoms with E-state index in [2.05, 4.69) is 202 Å². The van der Waals surface area contributed by atoms with Gasteiger partial charge in [-0.25, -0.2) is 0 Å². The molecule has 1 heterocycles. The van der Waals surface area contributed by atoms with E-state index in [0.717, 1.165) is 39.0 Å². The van der Waals surface area contributed by atoms with E-state index in [1.54, 1.807) is 0 Å². The van der Waals surface area contributed by atoms with Gasteiger partial charge in [-0.05, 0) is 91.5 Å². The summed E-state index contributed by atoms with van der Waals surface area (Å²) in [6, 6.07) is 64.4. The Morgan fingerprint density at radius 3 is 1.84 bits per heavy atom. The highest BCUT2D eigenvalue weighted by molar-refractivity contribution is 6.11. The molecule has 0 bridgehead atoms. The molecule has 2 nitrogen and oxygen atoms in total. The third kappa shape index (κ3) is 4.56. The summed E-state index contributed by atoms with van der Waals surface area (Å²) in [5.74, 6) is 0. The second-order valence-corrected chi connectivity index (χ2v) is 16.5. The predicted molar refractivity (Wildman–Crippen MR) is 234 cm³/mol. The summed E-state index contributed by atoms with van der Waals surface area (Å²) in [4.78, 5) is 2.43. The first-order valence-electron chi connectivity index (χ1n) is 19.7. The van der Waals surface area contributed by atoms with Crippen LogP contribution in [0.25, 0.3) is 66.4 Å². The summed E-state index contributed by atoms with van der Waals surface area (Å²) in [6.45, 7) is 9.45. The van der Waals surface area contributed by atoms with Crippen LogP contribution in [0.15, 0.2) is 180 Å². The molecule has 2 aliphatic carbocycles. The number of benzene rings is 8. The minimum absolute atomic E-state index is 0.103. The monoisotopic (exact) mass is 719 g/mol. The average Bonchev–Trinajstić information content (AvgIpc) is 3.82. The van der Waals surface area contributed by atoms with Crippen LogP contribution in [0.2, 0.25) is 0 Å². The van der Waals surface area contributed by atoms with Crippen molar-refractivity contribution in [3.63, 3.8) is 0 Å². The van der Waals surface area contributed by atoms with Crippen molar-refractivity contribution in [2.24, 2.45) is 0 Å². The van der Waals surface area contributed by atoms with Crippen LogP contribution in [0.5, 0.6) is 0 Å². The van der Waals surface area contributed by atoms with E-state index in [1.807, 2.05) is 6.07 Å². The highest BCUT2D eigenvalue weighted by atomic mass is 16.3. The Labute approximate surface area is 328 Å². The predicted octanol–water partition coefficient (Wildman–Crippen LogP) is 15.0. The quantitative estimate of drug-likeness (QED) is 0.176. The lowest BCUT2D eigenvalue weighted by Crippen LogP contribution is -2.16. The summed E-state index contributed by atoms with van der Waals surface area (Å²) in [6.07, 6.45) is 0. The molecule has 0 unspecified atom stereocenters. The van der Waals surface area contributed by atoms with E-state index in [-0.39, 0.29) is 10.8 Å². The third-order valence-corrected chi connectivity index (χ3v) is 12.7. The molecule has 0 amide bonds. The van der Waals surface area contributed by atoms with Gasteiger partial charge in [-0.2, -0.15) is 0 Å². The molecule has 0 radical (unpaired) electrons. The number of nitrogens with zero attached hydrogens (tertiary/aromatic N) is 1. The van der Waals surface area contributed by atoms with Crippen molar-refractivity contribution >= 4 is 39.0 Å². The molecule has 8 aromatic carbocycles. The Bertz CT molecular complexity index is 3050. The Hall–Kier alpha value is -6.64. The largest absolute Gasteiger partial charge is 0.454 e. The molecule has 0 N–H and O–H groups in total.